The molecule has 18 unspecified atom stereocenters. The molecular weight excluding hydrogens is 685 g/mol. The molecule has 14 rings (SSSR count). The molecule has 18 atom stereocenters. The van der Waals surface area contributed by atoms with E-state index in [1.165, 1.54) is 62.5 Å². The zero-order valence-electron chi connectivity index (χ0n) is 32.8. The second kappa shape index (κ2) is 11.8. The molecule has 0 bridgehead atoms. The van der Waals surface area contributed by atoms with Gasteiger partial charge in [-0.05, 0) is 133 Å². The van der Waals surface area contributed by atoms with Crippen LogP contribution in [0, 0.1) is 71.0 Å². The van der Waals surface area contributed by atoms with E-state index in [1.807, 2.05) is 0 Å². The SMILES string of the molecule is O=C1C2CCCC3C(=O)C4C(c5ccccc5)C5CCCC6C7CC(c8ccccc8)CC8C9CCCC%10C(c%11ccccc%11)C1C1C(C9%10)N(C87)C(C65)C4N1C23. The molecule has 0 radical (unpaired) electrons. The van der Waals surface area contributed by atoms with Gasteiger partial charge < -0.3 is 0 Å². The summed E-state index contributed by atoms with van der Waals surface area (Å²) in [5, 5.41) is 0. The van der Waals surface area contributed by atoms with Crippen LogP contribution in [0.15, 0.2) is 91.0 Å². The van der Waals surface area contributed by atoms with Crippen molar-refractivity contribution in [3.8, 4) is 0 Å². The number of carbonyl (C=O) groups is 2. The van der Waals surface area contributed by atoms with E-state index in [4.69, 9.17) is 0 Å². The predicted molar refractivity (Wildman–Crippen MR) is 217 cm³/mol. The fourth-order valence-electron chi connectivity index (χ4n) is 19.2. The predicted octanol–water partition coefficient (Wildman–Crippen LogP) is 9.13. The lowest BCUT2D eigenvalue weighted by Crippen LogP contribution is -2.91. The maximum atomic E-state index is 15.8. The van der Waals surface area contributed by atoms with Crippen molar-refractivity contribution in [3.63, 3.8) is 0 Å². The zero-order chi connectivity index (χ0) is 36.6. The lowest BCUT2D eigenvalue weighted by molar-refractivity contribution is -0.307. The van der Waals surface area contributed by atoms with Gasteiger partial charge in [0, 0.05) is 59.9 Å². The summed E-state index contributed by atoms with van der Waals surface area (Å²) in [5.41, 5.74) is 4.46. The van der Waals surface area contributed by atoms with E-state index in [0.29, 0.717) is 83.0 Å². The number of hydrogen-bond acceptors (Lipinski definition) is 4. The fraction of sp³-hybridized carbons (Fsp3) is 0.615. The van der Waals surface area contributed by atoms with Crippen LogP contribution in [0.2, 0.25) is 0 Å². The number of fused-ring (bicyclic) bond motifs is 2. The van der Waals surface area contributed by atoms with Gasteiger partial charge in [0.25, 0.3) is 0 Å². The number of piperazine rings is 1. The van der Waals surface area contributed by atoms with Gasteiger partial charge in [0.05, 0.1) is 0 Å². The van der Waals surface area contributed by atoms with Crippen LogP contribution in [-0.2, 0) is 9.59 Å². The summed E-state index contributed by atoms with van der Waals surface area (Å²) in [5.74, 6) is 7.84. The molecule has 5 heterocycles. The second-order valence-electron chi connectivity index (χ2n) is 21.3. The molecule has 6 aliphatic carbocycles. The Balaban J connectivity index is 1.04. The first-order valence-corrected chi connectivity index (χ1v) is 23.5. The van der Waals surface area contributed by atoms with Crippen molar-refractivity contribution in [2.75, 3.05) is 0 Å². The Hall–Kier alpha value is -3.08. The Morgan fingerprint density at radius 3 is 1.27 bits per heavy atom. The quantitative estimate of drug-likeness (QED) is 0.269. The summed E-state index contributed by atoms with van der Waals surface area (Å²) in [6, 6.07) is 36.9. The van der Waals surface area contributed by atoms with Gasteiger partial charge in [0.15, 0.2) is 0 Å². The third kappa shape index (κ3) is 3.96. The summed E-state index contributed by atoms with van der Waals surface area (Å²) in [6.45, 7) is 0. The van der Waals surface area contributed by atoms with Crippen LogP contribution >= 0.6 is 0 Å². The summed E-state index contributed by atoms with van der Waals surface area (Å²) >= 11 is 0. The molecule has 4 heteroatoms. The molecular formula is C52H58N2O2. The first-order chi connectivity index (χ1) is 27.7. The van der Waals surface area contributed by atoms with Gasteiger partial charge in [-0.2, -0.15) is 0 Å². The molecule has 6 saturated carbocycles. The van der Waals surface area contributed by atoms with Crippen molar-refractivity contribution < 1.29 is 9.59 Å². The summed E-state index contributed by atoms with van der Waals surface area (Å²) < 4.78 is 0. The summed E-state index contributed by atoms with van der Waals surface area (Å²) in [6.07, 6.45) is 13.6. The highest BCUT2D eigenvalue weighted by Gasteiger charge is 2.79. The summed E-state index contributed by atoms with van der Waals surface area (Å²) in [7, 11) is 0. The molecule has 3 aromatic carbocycles. The monoisotopic (exact) mass is 742 g/mol. The van der Waals surface area contributed by atoms with Crippen LogP contribution in [0.1, 0.15) is 105 Å². The Morgan fingerprint density at radius 1 is 0.375 bits per heavy atom. The lowest BCUT2D eigenvalue weighted by atomic mass is 9.38. The van der Waals surface area contributed by atoms with Gasteiger partial charge in [-0.1, -0.05) is 110 Å². The molecule has 0 aromatic heterocycles. The minimum absolute atomic E-state index is 0.0256. The van der Waals surface area contributed by atoms with E-state index in [2.05, 4.69) is 101 Å². The molecule has 4 nitrogen and oxygen atoms in total. The first-order valence-electron chi connectivity index (χ1n) is 23.5. The Morgan fingerprint density at radius 2 is 0.786 bits per heavy atom. The van der Waals surface area contributed by atoms with E-state index >= 15 is 9.59 Å². The van der Waals surface area contributed by atoms with Crippen molar-refractivity contribution in [2.45, 2.75) is 125 Å². The van der Waals surface area contributed by atoms with E-state index in [0.717, 1.165) is 31.1 Å². The highest BCUT2D eigenvalue weighted by Crippen LogP contribution is 2.73. The lowest BCUT2D eigenvalue weighted by Gasteiger charge is -2.81. The Bertz CT molecular complexity index is 1950. The molecule has 0 N–H and O–H groups in total. The first kappa shape index (κ1) is 32.8. The zero-order valence-corrected chi connectivity index (χ0v) is 32.8. The van der Waals surface area contributed by atoms with Gasteiger partial charge in [-0.15, -0.1) is 0 Å². The van der Waals surface area contributed by atoms with E-state index in [1.54, 1.807) is 5.56 Å². The molecule has 0 spiro atoms. The van der Waals surface area contributed by atoms with Crippen molar-refractivity contribution in [1.82, 2.24) is 9.80 Å². The van der Waals surface area contributed by atoms with E-state index < -0.39 is 0 Å². The van der Waals surface area contributed by atoms with Crippen LogP contribution in [0.5, 0.6) is 0 Å². The van der Waals surface area contributed by atoms with E-state index in [-0.39, 0.29) is 41.8 Å². The van der Waals surface area contributed by atoms with Crippen molar-refractivity contribution >= 4 is 11.6 Å². The number of benzene rings is 3. The molecule has 288 valence electrons. The number of carbonyl (C=O) groups excluding carboxylic acids is 2. The maximum Gasteiger partial charge on any atom is 0.142 e. The van der Waals surface area contributed by atoms with Crippen molar-refractivity contribution in [3.05, 3.63) is 108 Å². The third-order valence-corrected chi connectivity index (χ3v) is 20.1. The molecule has 5 saturated heterocycles. The second-order valence-corrected chi connectivity index (χ2v) is 21.3. The number of Topliss-reactive ketones (excluding diaryl/α,β-unsaturated/α-hetero) is 2. The normalized spacial score (nSPS) is 51.6. The summed E-state index contributed by atoms with van der Waals surface area (Å²) in [4.78, 5) is 38.0. The molecule has 3 aromatic rings. The van der Waals surface area contributed by atoms with E-state index in [9.17, 15) is 0 Å². The molecule has 11 fully saturated rings. The Labute approximate surface area is 333 Å². The highest BCUT2D eigenvalue weighted by molar-refractivity contribution is 5.93. The molecule has 0 amide bonds. The molecule has 56 heavy (non-hydrogen) atoms. The standard InChI is InChI=1S/C52H58N2O2/c55-51-35-23-12-24-36-45(35)53-49-43(51)39(28-15-6-2-7-16-28)33-21-10-19-31-37-25-30(27-13-4-1-5-14-27)26-38-32-20-11-22-34-40(29-17-8-3-9-18-29)44(52(36)56)50(53)48(42(32)34)54(46(37)38)47(49)41(31)33/h1-9,13-18,30-50H,10-12,19-26H2. The number of ketones is 2. The fourth-order valence-corrected chi connectivity index (χ4v) is 19.2. The van der Waals surface area contributed by atoms with Crippen LogP contribution < -0.4 is 0 Å². The highest BCUT2D eigenvalue weighted by atomic mass is 16.1. The maximum absolute atomic E-state index is 15.8. The third-order valence-electron chi connectivity index (χ3n) is 20.1. The van der Waals surface area contributed by atoms with Gasteiger partial charge in [-0.25, -0.2) is 0 Å². The van der Waals surface area contributed by atoms with Crippen LogP contribution in [0.25, 0.3) is 0 Å². The Kier molecular flexibility index (Phi) is 6.90. The topological polar surface area (TPSA) is 40.6 Å². The number of nitrogens with zero attached hydrogens (tertiary/aromatic N) is 2. The minimum atomic E-state index is 0.0256. The van der Waals surface area contributed by atoms with Crippen LogP contribution in [0.3, 0.4) is 0 Å². The smallest absolute Gasteiger partial charge is 0.142 e. The van der Waals surface area contributed by atoms with Crippen LogP contribution in [0.4, 0.5) is 0 Å². The van der Waals surface area contributed by atoms with Gasteiger partial charge in [0.1, 0.15) is 11.6 Å². The minimum Gasteiger partial charge on any atom is -0.299 e. The number of piperidine rings is 4. The van der Waals surface area contributed by atoms with Gasteiger partial charge in [0.2, 0.25) is 0 Å². The largest absolute Gasteiger partial charge is 0.299 e. The molecule has 5 aliphatic heterocycles. The van der Waals surface area contributed by atoms with Gasteiger partial charge in [-0.3, -0.25) is 19.4 Å². The van der Waals surface area contributed by atoms with Crippen LogP contribution in [-0.4, -0.2) is 57.6 Å². The average molecular weight is 743 g/mol. The van der Waals surface area contributed by atoms with Crippen molar-refractivity contribution in [1.29, 1.82) is 0 Å². The average Bonchev–Trinajstić information content (AvgIpc) is 3.26. The number of hydrogen-bond donors (Lipinski definition) is 0. The van der Waals surface area contributed by atoms with Gasteiger partial charge >= 0.3 is 0 Å². The molecule has 11 aliphatic rings. The van der Waals surface area contributed by atoms with Crippen molar-refractivity contribution in [2.24, 2.45) is 71.0 Å². The number of rotatable bonds is 3.